The van der Waals surface area contributed by atoms with Crippen LogP contribution in [0.4, 0.5) is 9.18 Å². The van der Waals surface area contributed by atoms with Gasteiger partial charge in [-0.1, -0.05) is 12.1 Å². The predicted octanol–water partition coefficient (Wildman–Crippen LogP) is 2.67. The molecular weight excluding hydrogens is 375 g/mol. The summed E-state index contributed by atoms with van der Waals surface area (Å²) in [6, 6.07) is 6.64. The van der Waals surface area contributed by atoms with Gasteiger partial charge in [0.1, 0.15) is 17.3 Å². The van der Waals surface area contributed by atoms with Crippen LogP contribution in [0.2, 0.25) is 0 Å². The van der Waals surface area contributed by atoms with Crippen LogP contribution in [0.15, 0.2) is 30.5 Å². The monoisotopic (exact) mass is 400 g/mol. The van der Waals surface area contributed by atoms with Crippen LogP contribution in [0.1, 0.15) is 41.1 Å². The van der Waals surface area contributed by atoms with E-state index in [1.165, 1.54) is 12.1 Å². The van der Waals surface area contributed by atoms with Gasteiger partial charge in [0.05, 0.1) is 6.61 Å². The fourth-order valence-corrected chi connectivity index (χ4v) is 4.02. The second-order valence-corrected chi connectivity index (χ2v) is 7.46. The Morgan fingerprint density at radius 3 is 2.52 bits per heavy atom. The van der Waals surface area contributed by atoms with Crippen molar-refractivity contribution in [2.45, 2.75) is 32.2 Å². The van der Waals surface area contributed by atoms with E-state index in [4.69, 9.17) is 4.74 Å². The molecule has 1 aromatic carbocycles. The van der Waals surface area contributed by atoms with E-state index in [0.29, 0.717) is 38.5 Å². The van der Waals surface area contributed by atoms with Crippen molar-refractivity contribution in [1.82, 2.24) is 19.4 Å². The van der Waals surface area contributed by atoms with E-state index in [2.05, 4.69) is 4.98 Å². The van der Waals surface area contributed by atoms with Crippen LogP contribution in [0.5, 0.6) is 0 Å². The minimum Gasteiger partial charge on any atom is -0.450 e. The normalized spacial score (nSPS) is 19.0. The summed E-state index contributed by atoms with van der Waals surface area (Å²) < 4.78 is 20.2. The van der Waals surface area contributed by atoms with Crippen molar-refractivity contribution in [3.05, 3.63) is 53.4 Å². The zero-order chi connectivity index (χ0) is 20.4. The Morgan fingerprint density at radius 1 is 1.14 bits per heavy atom. The number of piperazine rings is 1. The molecule has 7 nitrogen and oxygen atoms in total. The van der Waals surface area contributed by atoms with Crippen LogP contribution in [-0.2, 0) is 17.7 Å². The largest absolute Gasteiger partial charge is 0.450 e. The number of imidazole rings is 1. The lowest BCUT2D eigenvalue weighted by Crippen LogP contribution is -2.50. The van der Waals surface area contributed by atoms with E-state index in [0.717, 1.165) is 30.8 Å². The molecule has 154 valence electrons. The van der Waals surface area contributed by atoms with Crippen molar-refractivity contribution in [1.29, 1.82) is 0 Å². The third-order valence-corrected chi connectivity index (χ3v) is 5.65. The summed E-state index contributed by atoms with van der Waals surface area (Å²) in [6.07, 6.45) is 3.20. The lowest BCUT2D eigenvalue weighted by Gasteiger charge is -2.33. The summed E-state index contributed by atoms with van der Waals surface area (Å²) in [7, 11) is 0. The van der Waals surface area contributed by atoms with Gasteiger partial charge in [0.25, 0.3) is 5.91 Å². The van der Waals surface area contributed by atoms with Gasteiger partial charge < -0.3 is 19.1 Å². The Bertz CT molecular complexity index is 888. The van der Waals surface area contributed by atoms with Crippen LogP contribution in [0.25, 0.3) is 0 Å². The first-order valence-electron chi connectivity index (χ1n) is 10.1. The number of aromatic nitrogens is 2. The Morgan fingerprint density at radius 2 is 1.83 bits per heavy atom. The third kappa shape index (κ3) is 4.11. The maximum absolute atomic E-state index is 13.2. The Balaban J connectivity index is 1.39. The Hall–Kier alpha value is -2.90. The fraction of sp³-hybridized carbons (Fsp3) is 0.476. The van der Waals surface area contributed by atoms with E-state index < -0.39 is 0 Å². The molecule has 2 amide bonds. The molecule has 29 heavy (non-hydrogen) atoms. The molecular formula is C21H25FN4O3. The SMILES string of the molecule is CCOC(=O)N1CCN(C(=O)c2cn3c(n2)CC[C@H](c2ccc(F)cc2)C3)CC1. The lowest BCUT2D eigenvalue weighted by atomic mass is 9.92. The predicted molar refractivity (Wildman–Crippen MR) is 104 cm³/mol. The number of halogens is 1. The quantitative estimate of drug-likeness (QED) is 0.795. The molecule has 0 N–H and O–H groups in total. The summed E-state index contributed by atoms with van der Waals surface area (Å²) in [5.74, 6) is 0.864. The Labute approximate surface area is 169 Å². The molecule has 3 heterocycles. The van der Waals surface area contributed by atoms with Crippen molar-refractivity contribution in [3.63, 3.8) is 0 Å². The maximum atomic E-state index is 13.2. The van der Waals surface area contributed by atoms with E-state index in [-0.39, 0.29) is 23.7 Å². The molecule has 0 unspecified atom stereocenters. The second-order valence-electron chi connectivity index (χ2n) is 7.46. The van der Waals surface area contributed by atoms with Crippen molar-refractivity contribution < 1.29 is 18.7 Å². The van der Waals surface area contributed by atoms with Crippen LogP contribution < -0.4 is 0 Å². The van der Waals surface area contributed by atoms with E-state index in [1.54, 1.807) is 16.7 Å². The van der Waals surface area contributed by atoms with Crippen LogP contribution >= 0.6 is 0 Å². The number of carbonyl (C=O) groups is 2. The number of carbonyl (C=O) groups excluding carboxylic acids is 2. The molecule has 2 aromatic rings. The molecule has 1 fully saturated rings. The number of rotatable bonds is 3. The van der Waals surface area contributed by atoms with Crippen molar-refractivity contribution in [2.24, 2.45) is 0 Å². The minimum atomic E-state index is -0.330. The maximum Gasteiger partial charge on any atom is 0.409 e. The number of hydrogen-bond acceptors (Lipinski definition) is 4. The van der Waals surface area contributed by atoms with Gasteiger partial charge >= 0.3 is 6.09 Å². The molecule has 1 aromatic heterocycles. The number of benzene rings is 1. The van der Waals surface area contributed by atoms with E-state index in [1.807, 2.05) is 22.9 Å². The first-order chi connectivity index (χ1) is 14.0. The lowest BCUT2D eigenvalue weighted by molar-refractivity contribution is 0.0566. The number of amides is 2. The highest BCUT2D eigenvalue weighted by Crippen LogP contribution is 2.29. The fourth-order valence-electron chi connectivity index (χ4n) is 4.02. The molecule has 2 aliphatic heterocycles. The standard InChI is InChI=1S/C21H25FN4O3/c1-2-29-21(28)25-11-9-24(10-12-25)20(27)18-14-26-13-16(5-8-19(26)23-18)15-3-6-17(22)7-4-15/h3-4,6-7,14,16H,2,5,8-13H2,1H3/t16-/m0/s1. The molecule has 0 radical (unpaired) electrons. The van der Waals surface area contributed by atoms with Gasteiger partial charge in [-0.25, -0.2) is 14.2 Å². The average Bonchev–Trinajstić information content (AvgIpc) is 3.17. The molecule has 0 spiro atoms. The van der Waals surface area contributed by atoms with Crippen LogP contribution in [0.3, 0.4) is 0 Å². The summed E-state index contributed by atoms with van der Waals surface area (Å²) in [6.45, 7) is 4.72. The molecule has 0 saturated carbocycles. The van der Waals surface area contributed by atoms with Gasteiger partial charge in [-0.05, 0) is 31.0 Å². The first kappa shape index (κ1) is 19.4. The molecule has 4 rings (SSSR count). The molecule has 1 atom stereocenters. The van der Waals surface area contributed by atoms with Crippen LogP contribution in [-0.4, -0.2) is 64.1 Å². The van der Waals surface area contributed by atoms with Gasteiger partial charge in [0.15, 0.2) is 0 Å². The first-order valence-corrected chi connectivity index (χ1v) is 10.1. The van der Waals surface area contributed by atoms with E-state index in [9.17, 15) is 14.0 Å². The number of hydrogen-bond donors (Lipinski definition) is 0. The zero-order valence-electron chi connectivity index (χ0n) is 16.5. The summed E-state index contributed by atoms with van der Waals surface area (Å²) in [5.41, 5.74) is 1.55. The zero-order valence-corrected chi connectivity index (χ0v) is 16.5. The highest BCUT2D eigenvalue weighted by molar-refractivity contribution is 5.92. The van der Waals surface area contributed by atoms with Gasteiger partial charge in [-0.2, -0.15) is 0 Å². The number of ether oxygens (including phenoxy) is 1. The number of fused-ring (bicyclic) bond motifs is 1. The van der Waals surface area contributed by atoms with Crippen molar-refractivity contribution >= 4 is 12.0 Å². The molecule has 2 aliphatic rings. The van der Waals surface area contributed by atoms with Crippen molar-refractivity contribution in [2.75, 3.05) is 32.8 Å². The molecule has 8 heteroatoms. The Kier molecular flexibility index (Phi) is 5.51. The van der Waals surface area contributed by atoms with Crippen molar-refractivity contribution in [3.8, 4) is 0 Å². The second kappa shape index (κ2) is 8.23. The molecule has 1 saturated heterocycles. The third-order valence-electron chi connectivity index (χ3n) is 5.65. The smallest absolute Gasteiger partial charge is 0.409 e. The molecule has 0 aliphatic carbocycles. The van der Waals surface area contributed by atoms with Crippen LogP contribution in [0, 0.1) is 5.82 Å². The highest BCUT2D eigenvalue weighted by Gasteiger charge is 2.29. The summed E-state index contributed by atoms with van der Waals surface area (Å²) >= 11 is 0. The van der Waals surface area contributed by atoms with Gasteiger partial charge in [-0.3, -0.25) is 4.79 Å². The number of nitrogens with zero attached hydrogens (tertiary/aromatic N) is 4. The van der Waals surface area contributed by atoms with Gasteiger partial charge in [0, 0.05) is 51.3 Å². The van der Waals surface area contributed by atoms with E-state index >= 15 is 0 Å². The van der Waals surface area contributed by atoms with Gasteiger partial charge in [-0.15, -0.1) is 0 Å². The summed E-state index contributed by atoms with van der Waals surface area (Å²) in [5, 5.41) is 0. The molecule has 0 bridgehead atoms. The minimum absolute atomic E-state index is 0.103. The van der Waals surface area contributed by atoms with Gasteiger partial charge in [0.2, 0.25) is 0 Å². The summed E-state index contributed by atoms with van der Waals surface area (Å²) in [4.78, 5) is 32.6. The topological polar surface area (TPSA) is 67.7 Å². The average molecular weight is 400 g/mol. The highest BCUT2D eigenvalue weighted by atomic mass is 19.1. The number of aryl methyl sites for hydroxylation is 1.